The third-order valence-corrected chi connectivity index (χ3v) is 7.66. The molecule has 4 aromatic rings. The van der Waals surface area contributed by atoms with Gasteiger partial charge in [-0.05, 0) is 84.3 Å². The van der Waals surface area contributed by atoms with Gasteiger partial charge in [-0.1, -0.05) is 90.5 Å². The number of unbranched alkanes of at least 4 members (excludes halogenated alkanes) is 1. The molecule has 0 unspecified atom stereocenters. The largest absolute Gasteiger partial charge is 0.481 e. The van der Waals surface area contributed by atoms with Gasteiger partial charge < -0.3 is 14.9 Å². The zero-order chi connectivity index (χ0) is 30.4. The summed E-state index contributed by atoms with van der Waals surface area (Å²) in [5, 5.41) is 19.1. The summed E-state index contributed by atoms with van der Waals surface area (Å²) in [4.78, 5) is 24.6. The second-order valence-corrected chi connectivity index (χ2v) is 11.2. The zero-order valence-electron chi connectivity index (χ0n) is 24.2. The lowest BCUT2D eigenvalue weighted by molar-refractivity contribution is -0.137. The Labute approximate surface area is 258 Å². The normalized spacial score (nSPS) is 11.9. The van der Waals surface area contributed by atoms with E-state index in [-0.39, 0.29) is 18.1 Å². The molecule has 0 aliphatic carbocycles. The minimum atomic E-state index is -0.954. The van der Waals surface area contributed by atoms with Crippen molar-refractivity contribution in [2.45, 2.75) is 51.4 Å². The monoisotopic (exact) mass is 599 g/mol. The second-order valence-electron chi connectivity index (χ2n) is 10.7. The van der Waals surface area contributed by atoms with E-state index in [4.69, 9.17) is 21.4 Å². The Morgan fingerprint density at radius 2 is 1.30 bits per heavy atom. The number of aromatic carboxylic acids is 1. The van der Waals surface area contributed by atoms with Crippen molar-refractivity contribution in [1.29, 1.82) is 0 Å². The fraction of sp³-hybridized carbons (Fsp3) is 0.278. The van der Waals surface area contributed by atoms with E-state index in [0.717, 1.165) is 41.0 Å². The van der Waals surface area contributed by atoms with Crippen LogP contribution in [0.25, 0.3) is 0 Å². The molecule has 0 saturated heterocycles. The smallest absolute Gasteiger partial charge is 0.335 e. The number of rotatable bonds is 17. The fourth-order valence-corrected chi connectivity index (χ4v) is 5.08. The fourth-order valence-electron chi connectivity index (χ4n) is 4.95. The molecule has 0 fully saturated rings. The number of benzene rings is 4. The molecule has 0 aliphatic heterocycles. The van der Waals surface area contributed by atoms with Gasteiger partial charge in [-0.15, -0.1) is 0 Å². The molecule has 6 nitrogen and oxygen atoms in total. The van der Waals surface area contributed by atoms with Gasteiger partial charge >= 0.3 is 11.9 Å². The highest BCUT2D eigenvalue weighted by atomic mass is 35.5. The summed E-state index contributed by atoms with van der Waals surface area (Å²) in [6.07, 6.45) is 3.15. The molecule has 0 heterocycles. The highest BCUT2D eigenvalue weighted by Gasteiger charge is 2.18. The Morgan fingerprint density at radius 3 is 1.91 bits per heavy atom. The molecule has 7 heteroatoms. The maximum Gasteiger partial charge on any atom is 0.335 e. The SMILES string of the molecule is O=C(O)CCCCN(Cc1ccc(C(=O)O)cc1)C[C@H](OCc1ccc(CCc2ccc(Cl)cc2)cc1)c1ccccc1. The molecule has 1 atom stereocenters. The van der Waals surface area contributed by atoms with E-state index in [1.165, 1.54) is 11.1 Å². The van der Waals surface area contributed by atoms with Crippen LogP contribution in [0, 0.1) is 0 Å². The number of carbonyl (C=O) groups is 2. The quantitative estimate of drug-likeness (QED) is 0.120. The van der Waals surface area contributed by atoms with Crippen molar-refractivity contribution in [3.63, 3.8) is 0 Å². The predicted octanol–water partition coefficient (Wildman–Crippen LogP) is 7.84. The third kappa shape index (κ3) is 11.0. The molecule has 0 saturated carbocycles. The lowest BCUT2D eigenvalue weighted by Crippen LogP contribution is -2.30. The maximum absolute atomic E-state index is 11.3. The maximum atomic E-state index is 11.3. The lowest BCUT2D eigenvalue weighted by Gasteiger charge is -2.28. The van der Waals surface area contributed by atoms with Gasteiger partial charge in [0.15, 0.2) is 0 Å². The van der Waals surface area contributed by atoms with Gasteiger partial charge in [-0.25, -0.2) is 4.79 Å². The van der Waals surface area contributed by atoms with E-state index in [1.54, 1.807) is 12.1 Å². The third-order valence-electron chi connectivity index (χ3n) is 7.41. The first-order valence-electron chi connectivity index (χ1n) is 14.6. The van der Waals surface area contributed by atoms with Crippen molar-refractivity contribution in [3.8, 4) is 0 Å². The Morgan fingerprint density at radius 1 is 0.721 bits per heavy atom. The van der Waals surface area contributed by atoms with Crippen molar-refractivity contribution in [1.82, 2.24) is 4.90 Å². The molecule has 43 heavy (non-hydrogen) atoms. The minimum absolute atomic E-state index is 0.134. The molecule has 0 spiro atoms. The molecule has 0 amide bonds. The highest BCUT2D eigenvalue weighted by molar-refractivity contribution is 6.30. The van der Waals surface area contributed by atoms with E-state index < -0.39 is 11.9 Å². The minimum Gasteiger partial charge on any atom is -0.481 e. The molecule has 0 aromatic heterocycles. The molecule has 224 valence electrons. The van der Waals surface area contributed by atoms with Gasteiger partial charge in [0.05, 0.1) is 18.3 Å². The van der Waals surface area contributed by atoms with Crippen LogP contribution in [0.4, 0.5) is 0 Å². The first-order valence-corrected chi connectivity index (χ1v) is 15.0. The highest BCUT2D eigenvalue weighted by Crippen LogP contribution is 2.23. The van der Waals surface area contributed by atoms with Crippen LogP contribution >= 0.6 is 11.6 Å². The van der Waals surface area contributed by atoms with Gasteiger partial charge in [0.25, 0.3) is 0 Å². The summed E-state index contributed by atoms with van der Waals surface area (Å²) in [6, 6.07) is 33.5. The number of aryl methyl sites for hydroxylation is 2. The molecule has 0 aliphatic rings. The van der Waals surface area contributed by atoms with E-state index in [0.29, 0.717) is 32.7 Å². The van der Waals surface area contributed by atoms with E-state index in [1.807, 2.05) is 42.5 Å². The molecular weight excluding hydrogens is 562 g/mol. The topological polar surface area (TPSA) is 87.1 Å². The van der Waals surface area contributed by atoms with E-state index >= 15 is 0 Å². The first kappa shape index (κ1) is 32.0. The zero-order valence-corrected chi connectivity index (χ0v) is 25.0. The Bertz CT molecular complexity index is 1420. The molecule has 0 radical (unpaired) electrons. The van der Waals surface area contributed by atoms with Crippen molar-refractivity contribution in [2.24, 2.45) is 0 Å². The Balaban J connectivity index is 1.41. The lowest BCUT2D eigenvalue weighted by atomic mass is 10.0. The van der Waals surface area contributed by atoms with E-state index in [9.17, 15) is 14.7 Å². The first-order chi connectivity index (χ1) is 20.9. The number of carboxylic acid groups (broad SMARTS) is 2. The van der Waals surface area contributed by atoms with Crippen molar-refractivity contribution in [2.75, 3.05) is 13.1 Å². The molecule has 4 aromatic carbocycles. The van der Waals surface area contributed by atoms with Gasteiger partial charge in [0.2, 0.25) is 0 Å². The summed E-state index contributed by atoms with van der Waals surface area (Å²) in [7, 11) is 0. The average Bonchev–Trinajstić information content (AvgIpc) is 3.02. The molecular formula is C36H38ClNO5. The van der Waals surface area contributed by atoms with Gasteiger partial charge in [0.1, 0.15) is 0 Å². The number of hydrogen-bond acceptors (Lipinski definition) is 4. The Kier molecular flexibility index (Phi) is 12.3. The standard InChI is InChI=1S/C36H38ClNO5/c37-33-21-17-28(18-22-33)10-9-27-11-13-30(14-12-27)26-43-34(31-6-2-1-3-7-31)25-38(23-5-4-8-35(39)40)24-29-15-19-32(20-16-29)36(41)42/h1-3,6-7,11-22,34H,4-5,8-10,23-26H2,(H,39,40)(H,41,42)/t34-/m0/s1. The van der Waals surface area contributed by atoms with Crippen LogP contribution in [0.15, 0.2) is 103 Å². The van der Waals surface area contributed by atoms with Crippen LogP contribution in [0.2, 0.25) is 5.02 Å². The molecule has 0 bridgehead atoms. The van der Waals surface area contributed by atoms with Gasteiger partial charge in [-0.2, -0.15) is 0 Å². The van der Waals surface area contributed by atoms with Crippen molar-refractivity contribution < 1.29 is 24.5 Å². The number of carboxylic acids is 2. The average molecular weight is 600 g/mol. The van der Waals surface area contributed by atoms with Crippen LogP contribution in [-0.2, 0) is 35.5 Å². The van der Waals surface area contributed by atoms with Crippen LogP contribution in [0.5, 0.6) is 0 Å². The number of nitrogens with zero attached hydrogens (tertiary/aromatic N) is 1. The van der Waals surface area contributed by atoms with Crippen molar-refractivity contribution in [3.05, 3.63) is 142 Å². The second kappa shape index (κ2) is 16.6. The van der Waals surface area contributed by atoms with Crippen LogP contribution < -0.4 is 0 Å². The molecule has 4 rings (SSSR count). The summed E-state index contributed by atoms with van der Waals surface area (Å²) in [5.74, 6) is -1.75. The van der Waals surface area contributed by atoms with Crippen LogP contribution in [0.1, 0.15) is 63.5 Å². The number of ether oxygens (including phenoxy) is 1. The van der Waals surface area contributed by atoms with Gasteiger partial charge in [-0.3, -0.25) is 9.69 Å². The van der Waals surface area contributed by atoms with E-state index in [2.05, 4.69) is 53.4 Å². The number of hydrogen-bond donors (Lipinski definition) is 2. The summed E-state index contributed by atoms with van der Waals surface area (Å²) in [6.45, 7) is 2.36. The number of halogens is 1. The summed E-state index contributed by atoms with van der Waals surface area (Å²) >= 11 is 6.00. The van der Waals surface area contributed by atoms with Crippen LogP contribution in [0.3, 0.4) is 0 Å². The Hall–Kier alpha value is -3.97. The predicted molar refractivity (Wildman–Crippen MR) is 169 cm³/mol. The number of aliphatic carboxylic acids is 1. The summed E-state index contributed by atoms with van der Waals surface area (Å²) < 4.78 is 6.53. The van der Waals surface area contributed by atoms with Crippen molar-refractivity contribution >= 4 is 23.5 Å². The summed E-state index contributed by atoms with van der Waals surface area (Å²) in [5.41, 5.74) is 5.92. The molecule has 2 N–H and O–H groups in total. The van der Waals surface area contributed by atoms with Crippen LogP contribution in [-0.4, -0.2) is 40.1 Å². The van der Waals surface area contributed by atoms with Gasteiger partial charge in [0, 0.05) is 24.5 Å².